The summed E-state index contributed by atoms with van der Waals surface area (Å²) in [5, 5.41) is 2.75. The number of methoxy groups -OCH3 is 3. The number of hydrogen-bond acceptors (Lipinski definition) is 7. The Morgan fingerprint density at radius 3 is 2.16 bits per heavy atom. The fourth-order valence-electron chi connectivity index (χ4n) is 3.51. The third kappa shape index (κ3) is 4.64. The fourth-order valence-corrected chi connectivity index (χ4v) is 4.40. The molecule has 0 spiro atoms. The summed E-state index contributed by atoms with van der Waals surface area (Å²) in [6, 6.07) is 9.30. The van der Waals surface area contributed by atoms with E-state index in [1.807, 2.05) is 0 Å². The summed E-state index contributed by atoms with van der Waals surface area (Å²) in [5.41, 5.74) is 0.998. The molecule has 0 aromatic heterocycles. The van der Waals surface area contributed by atoms with Crippen LogP contribution in [0.25, 0.3) is 0 Å². The highest BCUT2D eigenvalue weighted by Gasteiger charge is 2.36. The maximum Gasteiger partial charge on any atom is 0.229 e. The number of hydrogen-bond donors (Lipinski definition) is 1. The molecule has 1 heterocycles. The minimum Gasteiger partial charge on any atom is -0.493 e. The Morgan fingerprint density at radius 2 is 1.66 bits per heavy atom. The van der Waals surface area contributed by atoms with Gasteiger partial charge in [0, 0.05) is 30.8 Å². The molecule has 32 heavy (non-hydrogen) atoms. The van der Waals surface area contributed by atoms with Crippen LogP contribution < -0.4 is 24.4 Å². The second-order valence-electron chi connectivity index (χ2n) is 7.21. The molecule has 9 nitrogen and oxygen atoms in total. The third-order valence-corrected chi connectivity index (χ3v) is 7.07. The average Bonchev–Trinajstić information content (AvgIpc) is 3.20. The number of sulfone groups is 1. The van der Waals surface area contributed by atoms with Gasteiger partial charge in [0.2, 0.25) is 17.6 Å². The van der Waals surface area contributed by atoms with Gasteiger partial charge >= 0.3 is 0 Å². The van der Waals surface area contributed by atoms with Crippen LogP contribution in [0.4, 0.5) is 11.4 Å². The molecule has 1 unspecified atom stereocenters. The molecule has 1 aliphatic heterocycles. The molecule has 172 valence electrons. The summed E-state index contributed by atoms with van der Waals surface area (Å²) in [7, 11) is 1.15. The molecule has 0 aliphatic carbocycles. The van der Waals surface area contributed by atoms with E-state index < -0.39 is 15.8 Å². The number of benzene rings is 2. The van der Waals surface area contributed by atoms with Crippen LogP contribution in [0.15, 0.2) is 41.3 Å². The summed E-state index contributed by atoms with van der Waals surface area (Å²) in [6.07, 6.45) is 0.0464. The van der Waals surface area contributed by atoms with Gasteiger partial charge < -0.3 is 24.4 Å². The molecule has 0 saturated carbocycles. The molecule has 1 aliphatic rings. The summed E-state index contributed by atoms with van der Waals surface area (Å²) >= 11 is 0. The Bertz CT molecular complexity index is 1090. The third-order valence-electron chi connectivity index (χ3n) is 5.32. The summed E-state index contributed by atoms with van der Waals surface area (Å²) in [6.45, 7) is 1.76. The summed E-state index contributed by atoms with van der Waals surface area (Å²) in [4.78, 5) is 27.1. The van der Waals surface area contributed by atoms with E-state index in [1.165, 1.54) is 50.5 Å². The Morgan fingerprint density at radius 1 is 1.06 bits per heavy atom. The highest BCUT2D eigenvalue weighted by molar-refractivity contribution is 7.91. The van der Waals surface area contributed by atoms with E-state index in [9.17, 15) is 18.0 Å². The van der Waals surface area contributed by atoms with Crippen molar-refractivity contribution >= 4 is 33.0 Å². The van der Waals surface area contributed by atoms with E-state index >= 15 is 0 Å². The molecule has 1 saturated heterocycles. The van der Waals surface area contributed by atoms with Gasteiger partial charge in [0.15, 0.2) is 21.3 Å². The van der Waals surface area contributed by atoms with Crippen LogP contribution in [0, 0.1) is 5.92 Å². The number of nitrogens with one attached hydrogen (secondary N) is 1. The van der Waals surface area contributed by atoms with Gasteiger partial charge in [0.25, 0.3) is 0 Å². The number of rotatable bonds is 8. The average molecular weight is 463 g/mol. The van der Waals surface area contributed by atoms with Crippen LogP contribution in [-0.4, -0.2) is 53.9 Å². The van der Waals surface area contributed by atoms with Gasteiger partial charge in [-0.15, -0.1) is 0 Å². The van der Waals surface area contributed by atoms with Crippen molar-refractivity contribution in [1.82, 2.24) is 0 Å². The molecule has 0 radical (unpaired) electrons. The molecule has 2 aromatic rings. The second-order valence-corrected chi connectivity index (χ2v) is 9.48. The zero-order chi connectivity index (χ0) is 23.5. The van der Waals surface area contributed by atoms with Crippen molar-refractivity contribution in [2.45, 2.75) is 18.2 Å². The van der Waals surface area contributed by atoms with Crippen molar-refractivity contribution in [3.8, 4) is 17.2 Å². The highest BCUT2D eigenvalue weighted by Crippen LogP contribution is 2.42. The van der Waals surface area contributed by atoms with Crippen molar-refractivity contribution in [1.29, 1.82) is 0 Å². The van der Waals surface area contributed by atoms with Crippen LogP contribution in [-0.2, 0) is 19.4 Å². The molecule has 2 amide bonds. The molecule has 10 heteroatoms. The predicted molar refractivity (Wildman–Crippen MR) is 119 cm³/mol. The number of nitrogens with zero attached hydrogens (tertiary/aromatic N) is 1. The summed E-state index contributed by atoms with van der Waals surface area (Å²) < 4.78 is 39.9. The van der Waals surface area contributed by atoms with E-state index in [0.29, 0.717) is 28.6 Å². The smallest absolute Gasteiger partial charge is 0.229 e. The van der Waals surface area contributed by atoms with Crippen LogP contribution in [0.3, 0.4) is 0 Å². The van der Waals surface area contributed by atoms with Crippen LogP contribution >= 0.6 is 0 Å². The van der Waals surface area contributed by atoms with Crippen molar-refractivity contribution in [3.05, 3.63) is 36.4 Å². The minimum atomic E-state index is -3.31. The van der Waals surface area contributed by atoms with Crippen LogP contribution in [0.1, 0.15) is 13.3 Å². The first kappa shape index (κ1) is 23.4. The second kappa shape index (κ2) is 9.47. The zero-order valence-corrected chi connectivity index (χ0v) is 19.2. The van der Waals surface area contributed by atoms with Gasteiger partial charge in [0.1, 0.15) is 0 Å². The molecule has 3 rings (SSSR count). The van der Waals surface area contributed by atoms with Crippen LogP contribution in [0.2, 0.25) is 0 Å². The van der Waals surface area contributed by atoms with Crippen molar-refractivity contribution < 1.29 is 32.2 Å². The largest absolute Gasteiger partial charge is 0.493 e. The molecule has 1 N–H and O–H groups in total. The maximum atomic E-state index is 12.7. The first-order chi connectivity index (χ1) is 15.2. The SMILES string of the molecule is CCS(=O)(=O)c1ccc(NC(=O)C2CC(=O)N(c3cc(OC)c(OC)c(OC)c3)C2)cc1. The minimum absolute atomic E-state index is 0.000340. The molecular weight excluding hydrogens is 436 g/mol. The van der Waals surface area contributed by atoms with Gasteiger partial charge in [-0.3, -0.25) is 9.59 Å². The maximum absolute atomic E-state index is 12.7. The van der Waals surface area contributed by atoms with Gasteiger partial charge in [0.05, 0.1) is 43.6 Å². The monoisotopic (exact) mass is 462 g/mol. The number of amides is 2. The van der Waals surface area contributed by atoms with Gasteiger partial charge in [-0.25, -0.2) is 8.42 Å². The van der Waals surface area contributed by atoms with Gasteiger partial charge in [-0.2, -0.15) is 0 Å². The molecule has 1 atom stereocenters. The molecule has 0 bridgehead atoms. The topological polar surface area (TPSA) is 111 Å². The highest BCUT2D eigenvalue weighted by atomic mass is 32.2. The van der Waals surface area contributed by atoms with Gasteiger partial charge in [-0.1, -0.05) is 6.92 Å². The fraction of sp³-hybridized carbons (Fsp3) is 0.364. The van der Waals surface area contributed by atoms with Crippen molar-refractivity contribution in [2.75, 3.05) is 43.8 Å². The lowest BCUT2D eigenvalue weighted by Crippen LogP contribution is -2.28. The quantitative estimate of drug-likeness (QED) is 0.642. The Labute approximate surface area is 187 Å². The van der Waals surface area contributed by atoms with Gasteiger partial charge in [-0.05, 0) is 24.3 Å². The van der Waals surface area contributed by atoms with E-state index in [-0.39, 0.29) is 35.4 Å². The molecule has 1 fully saturated rings. The molecular formula is C22H26N2O7S. The Balaban J connectivity index is 1.75. The number of carbonyl (C=O) groups excluding carboxylic acids is 2. The first-order valence-electron chi connectivity index (χ1n) is 9.98. The zero-order valence-electron chi connectivity index (χ0n) is 18.4. The van der Waals surface area contributed by atoms with Crippen molar-refractivity contribution in [2.24, 2.45) is 5.92 Å². The van der Waals surface area contributed by atoms with Crippen LogP contribution in [0.5, 0.6) is 17.2 Å². The summed E-state index contributed by atoms with van der Waals surface area (Å²) in [5.74, 6) is 0.131. The van der Waals surface area contributed by atoms with E-state index in [4.69, 9.17) is 14.2 Å². The lowest BCUT2D eigenvalue weighted by atomic mass is 10.1. The standard InChI is InChI=1S/C22H26N2O7S/c1-5-32(27,28)17-8-6-15(7-9-17)23-22(26)14-10-20(25)24(13-14)16-11-18(29-2)21(31-4)19(12-16)30-3/h6-9,11-12,14H,5,10,13H2,1-4H3,(H,23,26). The first-order valence-corrected chi connectivity index (χ1v) is 11.6. The van der Waals surface area contributed by atoms with E-state index in [0.717, 1.165) is 0 Å². The lowest BCUT2D eigenvalue weighted by molar-refractivity contribution is -0.122. The molecule has 2 aromatic carbocycles. The number of carbonyl (C=O) groups is 2. The van der Waals surface area contributed by atoms with E-state index in [2.05, 4.69) is 5.32 Å². The Hall–Kier alpha value is -3.27. The normalized spacial score (nSPS) is 16.1. The predicted octanol–water partition coefficient (Wildman–Crippen LogP) is 2.50. The number of ether oxygens (including phenoxy) is 3. The van der Waals surface area contributed by atoms with Crippen molar-refractivity contribution in [3.63, 3.8) is 0 Å². The lowest BCUT2D eigenvalue weighted by Gasteiger charge is -2.20. The Kier molecular flexibility index (Phi) is 6.93. The number of anilines is 2. The van der Waals surface area contributed by atoms with E-state index in [1.54, 1.807) is 19.1 Å².